The van der Waals surface area contributed by atoms with Gasteiger partial charge in [-0.05, 0) is 24.3 Å². The van der Waals surface area contributed by atoms with Crippen LogP contribution in [-0.2, 0) is 6.18 Å². The Morgan fingerprint density at radius 3 is 2.41 bits per heavy atom. The second kappa shape index (κ2) is 4.45. The van der Waals surface area contributed by atoms with Crippen molar-refractivity contribution in [3.63, 3.8) is 0 Å². The van der Waals surface area contributed by atoms with E-state index in [2.05, 4.69) is 10.3 Å². The zero-order valence-corrected chi connectivity index (χ0v) is 8.70. The van der Waals surface area contributed by atoms with Crippen LogP contribution < -0.4 is 5.32 Å². The van der Waals surface area contributed by atoms with E-state index in [9.17, 15) is 13.2 Å². The molecular formula is C12H9F3N2. The van der Waals surface area contributed by atoms with Crippen molar-refractivity contribution in [2.45, 2.75) is 6.18 Å². The molecule has 0 radical (unpaired) electrons. The average molecular weight is 238 g/mol. The van der Waals surface area contributed by atoms with E-state index in [4.69, 9.17) is 0 Å². The second-order valence-electron chi connectivity index (χ2n) is 3.41. The number of benzene rings is 1. The fraction of sp³-hybridized carbons (Fsp3) is 0.0833. The minimum Gasteiger partial charge on any atom is -0.354 e. The molecule has 0 unspecified atom stereocenters. The number of hydrogen-bond donors (Lipinski definition) is 1. The lowest BCUT2D eigenvalue weighted by molar-refractivity contribution is -0.136. The summed E-state index contributed by atoms with van der Waals surface area (Å²) < 4.78 is 38.1. The Morgan fingerprint density at radius 1 is 1.00 bits per heavy atom. The van der Waals surface area contributed by atoms with Crippen LogP contribution in [0.25, 0.3) is 0 Å². The lowest BCUT2D eigenvalue weighted by atomic mass is 10.1. The molecule has 88 valence electrons. The molecule has 2 rings (SSSR count). The molecule has 0 aliphatic carbocycles. The van der Waals surface area contributed by atoms with Gasteiger partial charge in [-0.15, -0.1) is 0 Å². The molecule has 0 atom stereocenters. The van der Waals surface area contributed by atoms with Crippen LogP contribution in [-0.4, -0.2) is 4.98 Å². The smallest absolute Gasteiger partial charge is 0.354 e. The van der Waals surface area contributed by atoms with E-state index >= 15 is 0 Å². The van der Waals surface area contributed by atoms with Crippen molar-refractivity contribution in [2.75, 3.05) is 5.32 Å². The first-order valence-electron chi connectivity index (χ1n) is 4.90. The summed E-state index contributed by atoms with van der Waals surface area (Å²) in [6, 6.07) is 8.64. The number of rotatable bonds is 2. The molecule has 0 saturated carbocycles. The molecule has 0 aliphatic heterocycles. The Kier molecular flexibility index (Phi) is 2.99. The molecule has 1 aromatic heterocycles. The van der Waals surface area contributed by atoms with Gasteiger partial charge < -0.3 is 5.32 Å². The van der Waals surface area contributed by atoms with E-state index in [0.29, 0.717) is 5.69 Å². The zero-order chi connectivity index (χ0) is 12.3. The fourth-order valence-electron chi connectivity index (χ4n) is 1.43. The minimum absolute atomic E-state index is 0.0213. The molecule has 1 aromatic carbocycles. The van der Waals surface area contributed by atoms with Crippen LogP contribution in [0.5, 0.6) is 0 Å². The predicted octanol–water partition coefficient (Wildman–Crippen LogP) is 3.84. The van der Waals surface area contributed by atoms with Crippen LogP contribution in [0, 0.1) is 0 Å². The third-order valence-electron chi connectivity index (χ3n) is 2.17. The fourth-order valence-corrected chi connectivity index (χ4v) is 1.43. The average Bonchev–Trinajstić information content (AvgIpc) is 2.30. The highest BCUT2D eigenvalue weighted by molar-refractivity contribution is 5.63. The summed E-state index contributed by atoms with van der Waals surface area (Å²) >= 11 is 0. The summed E-state index contributed by atoms with van der Waals surface area (Å²) in [7, 11) is 0. The van der Waals surface area contributed by atoms with Crippen molar-refractivity contribution in [3.05, 3.63) is 54.4 Å². The topological polar surface area (TPSA) is 24.9 Å². The Labute approximate surface area is 96.1 Å². The largest absolute Gasteiger partial charge is 0.418 e. The minimum atomic E-state index is -4.37. The van der Waals surface area contributed by atoms with Crippen molar-refractivity contribution >= 4 is 11.4 Å². The van der Waals surface area contributed by atoms with Gasteiger partial charge in [-0.3, -0.25) is 4.98 Å². The van der Waals surface area contributed by atoms with Gasteiger partial charge in [0.15, 0.2) is 0 Å². The number of anilines is 2. The van der Waals surface area contributed by atoms with Crippen molar-refractivity contribution in [1.82, 2.24) is 4.98 Å². The van der Waals surface area contributed by atoms with Crippen LogP contribution in [0.2, 0.25) is 0 Å². The zero-order valence-electron chi connectivity index (χ0n) is 8.70. The van der Waals surface area contributed by atoms with Crippen molar-refractivity contribution < 1.29 is 13.2 Å². The number of halogens is 3. The van der Waals surface area contributed by atoms with Gasteiger partial charge in [0.2, 0.25) is 0 Å². The van der Waals surface area contributed by atoms with E-state index in [1.807, 2.05) is 0 Å². The maximum Gasteiger partial charge on any atom is 0.418 e. The third kappa shape index (κ3) is 2.75. The first-order valence-corrected chi connectivity index (χ1v) is 4.90. The molecule has 0 spiro atoms. The van der Waals surface area contributed by atoms with Gasteiger partial charge in [-0.25, -0.2) is 0 Å². The molecule has 0 amide bonds. The van der Waals surface area contributed by atoms with Crippen LogP contribution in [0.4, 0.5) is 24.5 Å². The van der Waals surface area contributed by atoms with Crippen molar-refractivity contribution in [3.8, 4) is 0 Å². The SMILES string of the molecule is FC(F)(F)c1ccccc1Nc1cccnc1. The molecule has 2 aromatic rings. The van der Waals surface area contributed by atoms with Gasteiger partial charge in [0.1, 0.15) is 0 Å². The standard InChI is InChI=1S/C12H9F3N2/c13-12(14,15)10-5-1-2-6-11(10)17-9-4-3-7-16-8-9/h1-8,17H. The molecule has 1 heterocycles. The molecule has 0 saturated heterocycles. The van der Waals surface area contributed by atoms with E-state index in [1.165, 1.54) is 18.3 Å². The second-order valence-corrected chi connectivity index (χ2v) is 3.41. The number of nitrogens with one attached hydrogen (secondary N) is 1. The van der Waals surface area contributed by atoms with E-state index < -0.39 is 11.7 Å². The van der Waals surface area contributed by atoms with Gasteiger partial charge in [0, 0.05) is 6.20 Å². The van der Waals surface area contributed by atoms with Gasteiger partial charge in [-0.2, -0.15) is 13.2 Å². The summed E-state index contributed by atoms with van der Waals surface area (Å²) in [4.78, 5) is 3.83. The number of para-hydroxylation sites is 1. The summed E-state index contributed by atoms with van der Waals surface area (Å²) in [5, 5.41) is 2.70. The highest BCUT2D eigenvalue weighted by Gasteiger charge is 2.33. The summed E-state index contributed by atoms with van der Waals surface area (Å²) in [5.41, 5.74) is -0.152. The molecule has 0 aliphatic rings. The van der Waals surface area contributed by atoms with E-state index in [-0.39, 0.29) is 5.69 Å². The normalized spacial score (nSPS) is 11.2. The quantitative estimate of drug-likeness (QED) is 0.859. The third-order valence-corrected chi connectivity index (χ3v) is 2.17. The van der Waals surface area contributed by atoms with Crippen LogP contribution in [0.15, 0.2) is 48.8 Å². The van der Waals surface area contributed by atoms with Crippen LogP contribution >= 0.6 is 0 Å². The summed E-state index contributed by atoms with van der Waals surface area (Å²) in [5.74, 6) is 0. The van der Waals surface area contributed by atoms with E-state index in [1.54, 1.807) is 24.4 Å². The number of pyridine rings is 1. The molecule has 0 fully saturated rings. The summed E-state index contributed by atoms with van der Waals surface area (Å²) in [6.45, 7) is 0. The molecule has 5 heteroatoms. The first-order chi connectivity index (χ1) is 8.07. The highest BCUT2D eigenvalue weighted by atomic mass is 19.4. The molecule has 1 N–H and O–H groups in total. The predicted molar refractivity (Wildman–Crippen MR) is 59.0 cm³/mol. The van der Waals surface area contributed by atoms with E-state index in [0.717, 1.165) is 6.07 Å². The number of aromatic nitrogens is 1. The van der Waals surface area contributed by atoms with Crippen molar-refractivity contribution in [1.29, 1.82) is 0 Å². The maximum absolute atomic E-state index is 12.7. The lowest BCUT2D eigenvalue weighted by Crippen LogP contribution is -2.08. The Morgan fingerprint density at radius 2 is 1.76 bits per heavy atom. The Hall–Kier alpha value is -2.04. The molecule has 2 nitrogen and oxygen atoms in total. The lowest BCUT2D eigenvalue weighted by Gasteiger charge is -2.13. The van der Waals surface area contributed by atoms with Gasteiger partial charge >= 0.3 is 6.18 Å². The van der Waals surface area contributed by atoms with Crippen LogP contribution in [0.1, 0.15) is 5.56 Å². The van der Waals surface area contributed by atoms with Crippen molar-refractivity contribution in [2.24, 2.45) is 0 Å². The van der Waals surface area contributed by atoms with Gasteiger partial charge in [0.05, 0.1) is 23.1 Å². The number of nitrogens with zero attached hydrogens (tertiary/aromatic N) is 1. The van der Waals surface area contributed by atoms with Gasteiger partial charge in [0.25, 0.3) is 0 Å². The number of alkyl halides is 3. The highest BCUT2D eigenvalue weighted by Crippen LogP contribution is 2.35. The van der Waals surface area contributed by atoms with Gasteiger partial charge in [-0.1, -0.05) is 12.1 Å². The maximum atomic E-state index is 12.7. The first kappa shape index (κ1) is 11.4. The monoisotopic (exact) mass is 238 g/mol. The van der Waals surface area contributed by atoms with Crippen LogP contribution in [0.3, 0.4) is 0 Å². The summed E-state index contributed by atoms with van der Waals surface area (Å²) in [6.07, 6.45) is -1.35. The molecule has 0 bridgehead atoms. The molecular weight excluding hydrogens is 229 g/mol. The Bertz CT molecular complexity index is 495. The number of hydrogen-bond acceptors (Lipinski definition) is 2. The molecule has 17 heavy (non-hydrogen) atoms. The Balaban J connectivity index is 2.34.